The van der Waals surface area contributed by atoms with Crippen LogP contribution in [0, 0.1) is 0 Å². The van der Waals surface area contributed by atoms with Gasteiger partial charge in [0, 0.05) is 19.4 Å². The van der Waals surface area contributed by atoms with Crippen molar-refractivity contribution in [2.24, 2.45) is 7.05 Å². The molecule has 1 heterocycles. The van der Waals surface area contributed by atoms with E-state index >= 15 is 0 Å². The Bertz CT molecular complexity index is 206. The SMILES string of the molecule is C=CSc1nccn1C.CC.CC. The van der Waals surface area contributed by atoms with Crippen molar-refractivity contribution in [3.63, 3.8) is 0 Å². The third-order valence-electron chi connectivity index (χ3n) is 0.966. The lowest BCUT2D eigenvalue weighted by molar-refractivity contribution is 0.792. The van der Waals surface area contributed by atoms with Crippen LogP contribution >= 0.6 is 11.8 Å². The first-order valence-electron chi connectivity index (χ1n) is 4.59. The van der Waals surface area contributed by atoms with Crippen LogP contribution in [0.3, 0.4) is 0 Å². The maximum absolute atomic E-state index is 4.06. The Morgan fingerprint density at radius 1 is 1.38 bits per heavy atom. The van der Waals surface area contributed by atoms with E-state index in [0.29, 0.717) is 0 Å². The van der Waals surface area contributed by atoms with Crippen LogP contribution < -0.4 is 0 Å². The minimum Gasteiger partial charge on any atom is -0.329 e. The smallest absolute Gasteiger partial charge is 0.171 e. The molecule has 0 aliphatic carbocycles. The lowest BCUT2D eigenvalue weighted by Gasteiger charge is -1.92. The second-order valence-corrected chi connectivity index (χ2v) is 2.54. The predicted molar refractivity (Wildman–Crippen MR) is 62.0 cm³/mol. The summed E-state index contributed by atoms with van der Waals surface area (Å²) in [5.74, 6) is 0. The summed E-state index contributed by atoms with van der Waals surface area (Å²) in [5.41, 5.74) is 0. The summed E-state index contributed by atoms with van der Waals surface area (Å²) in [5, 5.41) is 2.74. The maximum atomic E-state index is 4.06. The standard InChI is InChI=1S/C6H8N2S.2C2H6/c1-3-9-6-7-4-5-8(6)2;2*1-2/h3-5H,1H2,2H3;2*1-2H3. The molecule has 1 aromatic rings. The minimum absolute atomic E-state index is 0.977. The summed E-state index contributed by atoms with van der Waals surface area (Å²) in [6, 6.07) is 0. The van der Waals surface area contributed by atoms with Crippen molar-refractivity contribution in [2.45, 2.75) is 32.9 Å². The third kappa shape index (κ3) is 6.46. The van der Waals surface area contributed by atoms with Gasteiger partial charge in [-0.25, -0.2) is 4.98 Å². The van der Waals surface area contributed by atoms with Gasteiger partial charge in [0.1, 0.15) is 0 Å². The Morgan fingerprint density at radius 3 is 2.23 bits per heavy atom. The van der Waals surface area contributed by atoms with Crippen molar-refractivity contribution in [1.82, 2.24) is 9.55 Å². The van der Waals surface area contributed by atoms with E-state index in [-0.39, 0.29) is 0 Å². The molecule has 0 fully saturated rings. The largest absolute Gasteiger partial charge is 0.329 e. The monoisotopic (exact) mass is 200 g/mol. The highest BCUT2D eigenvalue weighted by Gasteiger charge is 1.93. The average molecular weight is 200 g/mol. The molecule has 0 aliphatic rings. The summed E-state index contributed by atoms with van der Waals surface area (Å²) in [6.45, 7) is 11.6. The molecule has 1 aromatic heterocycles. The summed E-state index contributed by atoms with van der Waals surface area (Å²) in [7, 11) is 1.96. The van der Waals surface area contributed by atoms with E-state index in [1.807, 2.05) is 45.5 Å². The molecule has 76 valence electrons. The predicted octanol–water partition coefficient (Wildman–Crippen LogP) is 3.71. The van der Waals surface area contributed by atoms with Crippen molar-refractivity contribution < 1.29 is 0 Å². The zero-order chi connectivity index (χ0) is 10.7. The van der Waals surface area contributed by atoms with E-state index in [1.165, 1.54) is 11.8 Å². The number of imidazole rings is 1. The molecule has 2 nitrogen and oxygen atoms in total. The lowest BCUT2D eigenvalue weighted by Crippen LogP contribution is -1.85. The molecule has 3 heteroatoms. The van der Waals surface area contributed by atoms with Gasteiger partial charge in [-0.05, 0) is 5.41 Å². The molecule has 0 spiro atoms. The zero-order valence-corrected chi connectivity index (χ0v) is 10.1. The van der Waals surface area contributed by atoms with Gasteiger partial charge in [0.05, 0.1) is 0 Å². The van der Waals surface area contributed by atoms with Gasteiger partial charge in [-0.15, -0.1) is 0 Å². The van der Waals surface area contributed by atoms with Gasteiger partial charge in [-0.2, -0.15) is 0 Å². The molecule has 0 aromatic carbocycles. The first kappa shape index (κ1) is 14.8. The number of thioether (sulfide) groups is 1. The normalized spacial score (nSPS) is 7.46. The minimum atomic E-state index is 0.977. The van der Waals surface area contributed by atoms with E-state index in [0.717, 1.165) is 5.16 Å². The Balaban J connectivity index is 0. The lowest BCUT2D eigenvalue weighted by atomic mass is 10.9. The molecule has 13 heavy (non-hydrogen) atoms. The van der Waals surface area contributed by atoms with Crippen molar-refractivity contribution >= 4 is 11.8 Å². The highest BCUT2D eigenvalue weighted by atomic mass is 32.2. The van der Waals surface area contributed by atoms with Crippen LogP contribution in [0.15, 0.2) is 29.5 Å². The van der Waals surface area contributed by atoms with E-state index < -0.39 is 0 Å². The van der Waals surface area contributed by atoms with Gasteiger partial charge in [-0.1, -0.05) is 46.0 Å². The number of aryl methyl sites for hydroxylation is 1. The van der Waals surface area contributed by atoms with Gasteiger partial charge < -0.3 is 4.57 Å². The Morgan fingerprint density at radius 2 is 1.92 bits per heavy atom. The number of aromatic nitrogens is 2. The fourth-order valence-corrected chi connectivity index (χ4v) is 1.04. The summed E-state index contributed by atoms with van der Waals surface area (Å²) >= 11 is 1.52. The van der Waals surface area contributed by atoms with Crippen LogP contribution in [0.25, 0.3) is 0 Å². The van der Waals surface area contributed by atoms with Gasteiger partial charge in [0.15, 0.2) is 5.16 Å². The van der Waals surface area contributed by atoms with Gasteiger partial charge in [0.2, 0.25) is 0 Å². The molecule has 0 bridgehead atoms. The first-order valence-corrected chi connectivity index (χ1v) is 5.47. The van der Waals surface area contributed by atoms with Crippen molar-refractivity contribution in [3.8, 4) is 0 Å². The Hall–Kier alpha value is -0.700. The van der Waals surface area contributed by atoms with Crippen LogP contribution in [0.1, 0.15) is 27.7 Å². The van der Waals surface area contributed by atoms with Crippen molar-refractivity contribution in [2.75, 3.05) is 0 Å². The molecule has 1 rings (SSSR count). The highest BCUT2D eigenvalue weighted by Crippen LogP contribution is 2.13. The van der Waals surface area contributed by atoms with Crippen LogP contribution in [-0.4, -0.2) is 9.55 Å². The summed E-state index contributed by atoms with van der Waals surface area (Å²) in [6.07, 6.45) is 3.68. The maximum Gasteiger partial charge on any atom is 0.171 e. The number of hydrogen-bond donors (Lipinski definition) is 0. The third-order valence-corrected chi connectivity index (χ3v) is 1.74. The summed E-state index contributed by atoms with van der Waals surface area (Å²) < 4.78 is 1.95. The quantitative estimate of drug-likeness (QED) is 0.677. The van der Waals surface area contributed by atoms with E-state index in [4.69, 9.17) is 0 Å². The molecule has 0 amide bonds. The van der Waals surface area contributed by atoms with Crippen molar-refractivity contribution in [1.29, 1.82) is 0 Å². The second kappa shape index (κ2) is 11.3. The van der Waals surface area contributed by atoms with Gasteiger partial charge in [0.25, 0.3) is 0 Å². The van der Waals surface area contributed by atoms with Crippen molar-refractivity contribution in [3.05, 3.63) is 24.4 Å². The number of rotatable bonds is 2. The average Bonchev–Trinajstić information content (AvgIpc) is 2.60. The van der Waals surface area contributed by atoms with E-state index in [9.17, 15) is 0 Å². The van der Waals surface area contributed by atoms with Crippen LogP contribution in [0.5, 0.6) is 0 Å². The molecular weight excluding hydrogens is 180 g/mol. The zero-order valence-electron chi connectivity index (χ0n) is 9.24. The molecule has 0 atom stereocenters. The highest BCUT2D eigenvalue weighted by molar-refractivity contribution is 8.02. The number of nitrogens with zero attached hydrogens (tertiary/aromatic N) is 2. The summed E-state index contributed by atoms with van der Waals surface area (Å²) in [4.78, 5) is 4.06. The molecule has 0 radical (unpaired) electrons. The molecule has 0 saturated heterocycles. The topological polar surface area (TPSA) is 17.8 Å². The number of hydrogen-bond acceptors (Lipinski definition) is 2. The van der Waals surface area contributed by atoms with E-state index in [1.54, 1.807) is 11.6 Å². The molecule has 0 unspecified atom stereocenters. The fraction of sp³-hybridized carbons (Fsp3) is 0.500. The van der Waals surface area contributed by atoms with Gasteiger partial charge in [-0.3, -0.25) is 0 Å². The van der Waals surface area contributed by atoms with Crippen LogP contribution in [0.4, 0.5) is 0 Å². The molecular formula is C10H20N2S. The first-order chi connectivity index (χ1) is 6.34. The molecule has 0 saturated carbocycles. The molecule has 0 aliphatic heterocycles. The van der Waals surface area contributed by atoms with Crippen LogP contribution in [0.2, 0.25) is 0 Å². The Labute approximate surface area is 86.1 Å². The second-order valence-electron chi connectivity index (χ2n) is 1.61. The van der Waals surface area contributed by atoms with Crippen LogP contribution in [-0.2, 0) is 7.05 Å². The fourth-order valence-electron chi connectivity index (χ4n) is 0.540. The Kier molecular flexibility index (Phi) is 12.9. The van der Waals surface area contributed by atoms with Gasteiger partial charge >= 0.3 is 0 Å². The molecule has 0 N–H and O–H groups in total. The van der Waals surface area contributed by atoms with E-state index in [2.05, 4.69) is 11.6 Å².